The van der Waals surface area contributed by atoms with Crippen LogP contribution in [-0.2, 0) is 11.3 Å². The summed E-state index contributed by atoms with van der Waals surface area (Å²) < 4.78 is 13.1. The van der Waals surface area contributed by atoms with Crippen molar-refractivity contribution in [2.24, 2.45) is 0 Å². The first-order chi connectivity index (χ1) is 17.6. The molecule has 0 saturated heterocycles. The molecule has 0 heterocycles. The van der Waals surface area contributed by atoms with Gasteiger partial charge in [-0.3, -0.25) is 0 Å². The van der Waals surface area contributed by atoms with Gasteiger partial charge < -0.3 is 9.47 Å². The van der Waals surface area contributed by atoms with Crippen LogP contribution in [0.25, 0.3) is 21.5 Å². The normalized spacial score (nSPS) is 14.0. The first-order valence-corrected chi connectivity index (χ1v) is 13.0. The molecule has 0 aromatic heterocycles. The molecular weight excluding hydrogens is 440 g/mol. The summed E-state index contributed by atoms with van der Waals surface area (Å²) in [5, 5.41) is 4.91. The molecule has 0 N–H and O–H groups in total. The Morgan fingerprint density at radius 3 is 1.97 bits per heavy atom. The minimum Gasteiger partial charge on any atom is -0.464 e. The van der Waals surface area contributed by atoms with Crippen molar-refractivity contribution in [3.8, 4) is 5.75 Å². The van der Waals surface area contributed by atoms with Gasteiger partial charge in [0.2, 0.25) is 6.29 Å². The van der Waals surface area contributed by atoms with E-state index in [2.05, 4.69) is 130 Å². The Labute approximate surface area is 214 Å². The highest BCUT2D eigenvalue weighted by Crippen LogP contribution is 2.32. The SMILES string of the molecule is CCC(C)c1ccc(OC(OCc2cccc3ccccc23)C(C)c2cccc3ccccc23)cc1. The second-order valence-corrected chi connectivity index (χ2v) is 9.67. The van der Waals surface area contributed by atoms with Gasteiger partial charge in [-0.25, -0.2) is 0 Å². The van der Waals surface area contributed by atoms with Gasteiger partial charge in [-0.05, 0) is 62.7 Å². The Morgan fingerprint density at radius 2 is 1.25 bits per heavy atom. The van der Waals surface area contributed by atoms with Crippen molar-refractivity contribution in [1.82, 2.24) is 0 Å². The third-order valence-corrected chi connectivity index (χ3v) is 7.32. The van der Waals surface area contributed by atoms with Crippen molar-refractivity contribution in [2.75, 3.05) is 0 Å². The molecule has 0 aliphatic rings. The number of benzene rings is 5. The van der Waals surface area contributed by atoms with Gasteiger partial charge >= 0.3 is 0 Å². The quantitative estimate of drug-likeness (QED) is 0.198. The average Bonchev–Trinajstić information content (AvgIpc) is 2.94. The maximum Gasteiger partial charge on any atom is 0.206 e. The number of fused-ring (bicyclic) bond motifs is 2. The van der Waals surface area contributed by atoms with Crippen LogP contribution in [0.1, 0.15) is 55.7 Å². The fraction of sp³-hybridized carbons (Fsp3) is 0.235. The van der Waals surface area contributed by atoms with Crippen LogP contribution in [0.4, 0.5) is 0 Å². The summed E-state index contributed by atoms with van der Waals surface area (Å²) in [6.45, 7) is 7.15. The number of hydrogen-bond donors (Lipinski definition) is 0. The molecule has 3 atom stereocenters. The minimum atomic E-state index is -0.441. The molecule has 182 valence electrons. The van der Waals surface area contributed by atoms with Crippen molar-refractivity contribution < 1.29 is 9.47 Å². The molecule has 0 radical (unpaired) electrons. The van der Waals surface area contributed by atoms with Crippen molar-refractivity contribution in [1.29, 1.82) is 0 Å². The largest absolute Gasteiger partial charge is 0.464 e. The first-order valence-electron chi connectivity index (χ1n) is 13.0. The van der Waals surface area contributed by atoms with E-state index in [1.165, 1.54) is 38.2 Å². The van der Waals surface area contributed by atoms with Crippen molar-refractivity contribution in [2.45, 2.75) is 51.9 Å². The standard InChI is InChI=1S/C34H34O2/c1-4-24(2)26-19-21-30(22-20-26)36-34(25(3)31-18-10-14-28-12-6-8-17-33(28)31)35-23-29-15-9-13-27-11-5-7-16-32(27)29/h5-22,24-25,34H,4,23H2,1-3H3. The predicted octanol–water partition coefficient (Wildman–Crippen LogP) is 9.23. The molecule has 0 aliphatic carbocycles. The van der Waals surface area contributed by atoms with E-state index in [9.17, 15) is 0 Å². The van der Waals surface area contributed by atoms with Crippen LogP contribution < -0.4 is 4.74 Å². The van der Waals surface area contributed by atoms with E-state index in [0.29, 0.717) is 12.5 Å². The lowest BCUT2D eigenvalue weighted by molar-refractivity contribution is -0.102. The maximum absolute atomic E-state index is 6.58. The average molecular weight is 475 g/mol. The van der Waals surface area contributed by atoms with Gasteiger partial charge in [-0.2, -0.15) is 0 Å². The topological polar surface area (TPSA) is 18.5 Å². The van der Waals surface area contributed by atoms with Crippen molar-refractivity contribution in [3.05, 3.63) is 126 Å². The van der Waals surface area contributed by atoms with Crippen LogP contribution >= 0.6 is 0 Å². The fourth-order valence-electron chi connectivity index (χ4n) is 4.91. The van der Waals surface area contributed by atoms with Crippen molar-refractivity contribution in [3.63, 3.8) is 0 Å². The Balaban J connectivity index is 1.45. The summed E-state index contributed by atoms with van der Waals surface area (Å²) in [5.41, 5.74) is 3.73. The Hall–Kier alpha value is -3.62. The van der Waals surface area contributed by atoms with E-state index in [-0.39, 0.29) is 5.92 Å². The monoisotopic (exact) mass is 474 g/mol. The van der Waals surface area contributed by atoms with Crippen LogP contribution in [0, 0.1) is 0 Å². The maximum atomic E-state index is 6.58. The molecule has 0 amide bonds. The summed E-state index contributed by atoms with van der Waals surface area (Å²) in [5.74, 6) is 1.39. The summed E-state index contributed by atoms with van der Waals surface area (Å²) >= 11 is 0. The van der Waals surface area contributed by atoms with Crippen molar-refractivity contribution >= 4 is 21.5 Å². The van der Waals surface area contributed by atoms with Crippen LogP contribution in [0.15, 0.2) is 109 Å². The highest BCUT2D eigenvalue weighted by Gasteiger charge is 2.24. The van der Waals surface area contributed by atoms with Gasteiger partial charge in [0.25, 0.3) is 0 Å². The Kier molecular flexibility index (Phi) is 7.34. The minimum absolute atomic E-state index is 0.0281. The van der Waals surface area contributed by atoms with Crippen LogP contribution in [0.2, 0.25) is 0 Å². The molecule has 2 nitrogen and oxygen atoms in total. The van der Waals surface area contributed by atoms with Crippen LogP contribution in [0.3, 0.4) is 0 Å². The highest BCUT2D eigenvalue weighted by molar-refractivity contribution is 5.86. The van der Waals surface area contributed by atoms with Gasteiger partial charge in [-0.1, -0.05) is 118 Å². The molecule has 5 aromatic rings. The molecule has 0 bridgehead atoms. The zero-order chi connectivity index (χ0) is 24.9. The van der Waals surface area contributed by atoms with E-state index >= 15 is 0 Å². The van der Waals surface area contributed by atoms with E-state index in [1.54, 1.807) is 0 Å². The molecule has 2 heteroatoms. The molecule has 0 spiro atoms. The molecule has 0 aliphatic heterocycles. The lowest BCUT2D eigenvalue weighted by Gasteiger charge is -2.27. The fourth-order valence-corrected chi connectivity index (χ4v) is 4.91. The first kappa shape index (κ1) is 24.1. The second kappa shape index (κ2) is 11.0. The smallest absolute Gasteiger partial charge is 0.206 e. The molecule has 0 fully saturated rings. The Morgan fingerprint density at radius 1 is 0.639 bits per heavy atom. The molecular formula is C34H34O2. The predicted molar refractivity (Wildman–Crippen MR) is 151 cm³/mol. The van der Waals surface area contributed by atoms with E-state index in [4.69, 9.17) is 9.47 Å². The molecule has 5 aromatic carbocycles. The van der Waals surface area contributed by atoms with Gasteiger partial charge in [0.1, 0.15) is 5.75 Å². The summed E-state index contributed by atoms with van der Waals surface area (Å²) in [7, 11) is 0. The third kappa shape index (κ3) is 5.15. The summed E-state index contributed by atoms with van der Waals surface area (Å²) in [6, 6.07) is 38.3. The van der Waals surface area contributed by atoms with E-state index in [1.807, 2.05) is 0 Å². The Bertz CT molecular complexity index is 1430. The molecule has 36 heavy (non-hydrogen) atoms. The third-order valence-electron chi connectivity index (χ3n) is 7.32. The number of rotatable bonds is 9. The van der Waals surface area contributed by atoms with E-state index in [0.717, 1.165) is 12.2 Å². The highest BCUT2D eigenvalue weighted by atomic mass is 16.7. The zero-order valence-electron chi connectivity index (χ0n) is 21.4. The van der Waals surface area contributed by atoms with Gasteiger partial charge in [0.15, 0.2) is 0 Å². The molecule has 3 unspecified atom stereocenters. The van der Waals surface area contributed by atoms with Crippen LogP contribution in [0.5, 0.6) is 5.75 Å². The summed E-state index contributed by atoms with van der Waals surface area (Å²) in [6.07, 6.45) is 0.680. The lowest BCUT2D eigenvalue weighted by atomic mass is 9.94. The van der Waals surface area contributed by atoms with E-state index < -0.39 is 6.29 Å². The van der Waals surface area contributed by atoms with Crippen LogP contribution in [-0.4, -0.2) is 6.29 Å². The lowest BCUT2D eigenvalue weighted by Crippen LogP contribution is -2.27. The van der Waals surface area contributed by atoms with Gasteiger partial charge in [0, 0.05) is 5.92 Å². The number of ether oxygens (including phenoxy) is 2. The molecule has 5 rings (SSSR count). The second-order valence-electron chi connectivity index (χ2n) is 9.67. The summed E-state index contributed by atoms with van der Waals surface area (Å²) in [4.78, 5) is 0. The number of hydrogen-bond acceptors (Lipinski definition) is 2. The molecule has 0 saturated carbocycles. The zero-order valence-corrected chi connectivity index (χ0v) is 21.4. The van der Waals surface area contributed by atoms with Gasteiger partial charge in [-0.15, -0.1) is 0 Å². The van der Waals surface area contributed by atoms with Gasteiger partial charge in [0.05, 0.1) is 6.61 Å².